The average Bonchev–Trinajstić information content (AvgIpc) is 2.97. The van der Waals surface area contributed by atoms with E-state index in [0.717, 1.165) is 33.5 Å². The van der Waals surface area contributed by atoms with Crippen molar-refractivity contribution in [3.05, 3.63) is 53.8 Å². The summed E-state index contributed by atoms with van der Waals surface area (Å²) < 4.78 is 5.69. The number of aryl methyl sites for hydroxylation is 1. The molecule has 126 valence electrons. The first-order valence-corrected chi connectivity index (χ1v) is 8.32. The molecule has 1 amide bonds. The third kappa shape index (κ3) is 2.48. The zero-order chi connectivity index (χ0) is 17.6. The normalized spacial score (nSPS) is 13.4. The van der Waals surface area contributed by atoms with Crippen LogP contribution in [0.4, 0.5) is 5.69 Å². The summed E-state index contributed by atoms with van der Waals surface area (Å²) in [7, 11) is 0. The zero-order valence-electron chi connectivity index (χ0n) is 13.7. The molecule has 1 aliphatic heterocycles. The van der Waals surface area contributed by atoms with E-state index >= 15 is 0 Å². The molecule has 1 aliphatic rings. The number of anilines is 1. The van der Waals surface area contributed by atoms with Gasteiger partial charge in [0, 0.05) is 22.8 Å². The maximum absolute atomic E-state index is 12.2. The Morgan fingerprint density at radius 3 is 3.08 bits per heavy atom. The van der Waals surface area contributed by atoms with E-state index in [1.54, 1.807) is 17.2 Å². The van der Waals surface area contributed by atoms with Gasteiger partial charge < -0.3 is 14.6 Å². The largest absolute Gasteiger partial charge is 0.490 e. The number of aromatic amines is 1. The molecule has 0 fully saturated rings. The van der Waals surface area contributed by atoms with Gasteiger partial charge >= 0.3 is 0 Å². The van der Waals surface area contributed by atoms with Crippen LogP contribution in [-0.2, 0) is 4.79 Å². The SMILES string of the molecule is C=CC(=O)N1CCOc2ccc(-c3c(C)[nH]c4nccc(Cl)c34)cc21. The van der Waals surface area contributed by atoms with Gasteiger partial charge in [0.05, 0.1) is 17.3 Å². The van der Waals surface area contributed by atoms with Crippen LogP contribution in [0.2, 0.25) is 5.02 Å². The molecule has 0 spiro atoms. The second-order valence-corrected chi connectivity index (χ2v) is 6.27. The zero-order valence-corrected chi connectivity index (χ0v) is 14.4. The first-order chi connectivity index (χ1) is 12.1. The smallest absolute Gasteiger partial charge is 0.250 e. The molecule has 2 aromatic heterocycles. The van der Waals surface area contributed by atoms with Gasteiger partial charge in [0.1, 0.15) is 18.0 Å². The van der Waals surface area contributed by atoms with Crippen molar-refractivity contribution in [2.45, 2.75) is 6.92 Å². The van der Waals surface area contributed by atoms with E-state index in [1.807, 2.05) is 25.1 Å². The summed E-state index contributed by atoms with van der Waals surface area (Å²) in [4.78, 5) is 21.5. The lowest BCUT2D eigenvalue weighted by Gasteiger charge is -2.29. The fourth-order valence-corrected chi connectivity index (χ4v) is 3.51. The number of pyridine rings is 1. The predicted molar refractivity (Wildman–Crippen MR) is 99.3 cm³/mol. The summed E-state index contributed by atoms with van der Waals surface area (Å²) >= 11 is 6.41. The van der Waals surface area contributed by atoms with Crippen molar-refractivity contribution in [2.24, 2.45) is 0 Å². The summed E-state index contributed by atoms with van der Waals surface area (Å²) in [6.07, 6.45) is 3.00. The van der Waals surface area contributed by atoms with Gasteiger partial charge in [0.25, 0.3) is 5.91 Å². The summed E-state index contributed by atoms with van der Waals surface area (Å²) in [5.41, 5.74) is 4.38. The molecule has 25 heavy (non-hydrogen) atoms. The van der Waals surface area contributed by atoms with E-state index in [4.69, 9.17) is 16.3 Å². The van der Waals surface area contributed by atoms with E-state index in [1.165, 1.54) is 6.08 Å². The molecule has 0 saturated heterocycles. The Kier molecular flexibility index (Phi) is 3.73. The maximum atomic E-state index is 12.2. The van der Waals surface area contributed by atoms with Crippen molar-refractivity contribution in [3.63, 3.8) is 0 Å². The Bertz CT molecular complexity index is 1010. The van der Waals surface area contributed by atoms with Crippen LogP contribution in [0.15, 0.2) is 43.1 Å². The number of carbonyl (C=O) groups excluding carboxylic acids is 1. The van der Waals surface area contributed by atoms with Gasteiger partial charge in [-0.15, -0.1) is 0 Å². The number of hydrogen-bond acceptors (Lipinski definition) is 3. The van der Waals surface area contributed by atoms with E-state index in [-0.39, 0.29) is 5.91 Å². The first kappa shape index (κ1) is 15.7. The highest BCUT2D eigenvalue weighted by Gasteiger charge is 2.24. The van der Waals surface area contributed by atoms with Gasteiger partial charge in [0.15, 0.2) is 0 Å². The Morgan fingerprint density at radius 2 is 2.28 bits per heavy atom. The van der Waals surface area contributed by atoms with Crippen LogP contribution in [0.1, 0.15) is 5.69 Å². The lowest BCUT2D eigenvalue weighted by Crippen LogP contribution is -2.36. The van der Waals surface area contributed by atoms with Crippen LogP contribution >= 0.6 is 11.6 Å². The fraction of sp³-hybridized carbons (Fsp3) is 0.158. The van der Waals surface area contributed by atoms with Crippen molar-refractivity contribution in [2.75, 3.05) is 18.1 Å². The Balaban J connectivity index is 1.93. The van der Waals surface area contributed by atoms with E-state index in [2.05, 4.69) is 16.5 Å². The first-order valence-electron chi connectivity index (χ1n) is 7.94. The number of aromatic nitrogens is 2. The van der Waals surface area contributed by atoms with Crippen molar-refractivity contribution >= 4 is 34.2 Å². The van der Waals surface area contributed by atoms with Gasteiger partial charge in [-0.3, -0.25) is 4.79 Å². The van der Waals surface area contributed by atoms with Crippen molar-refractivity contribution < 1.29 is 9.53 Å². The number of fused-ring (bicyclic) bond motifs is 2. The Labute approximate surface area is 149 Å². The molecule has 3 heterocycles. The van der Waals surface area contributed by atoms with Crippen molar-refractivity contribution in [1.82, 2.24) is 9.97 Å². The highest BCUT2D eigenvalue weighted by molar-refractivity contribution is 6.36. The molecular formula is C19H16ClN3O2. The molecular weight excluding hydrogens is 338 g/mol. The number of benzene rings is 1. The van der Waals surface area contributed by atoms with Crippen LogP contribution in [0.3, 0.4) is 0 Å². The molecule has 3 aromatic rings. The number of nitrogens with zero attached hydrogens (tertiary/aromatic N) is 2. The molecule has 0 atom stereocenters. The number of H-pyrrole nitrogens is 1. The number of amides is 1. The summed E-state index contributed by atoms with van der Waals surface area (Å²) in [5, 5.41) is 1.51. The monoisotopic (exact) mass is 353 g/mol. The Morgan fingerprint density at radius 1 is 1.44 bits per heavy atom. The van der Waals surface area contributed by atoms with Gasteiger partial charge in [0.2, 0.25) is 0 Å². The quantitative estimate of drug-likeness (QED) is 0.705. The fourth-order valence-electron chi connectivity index (χ4n) is 3.27. The molecule has 0 radical (unpaired) electrons. The van der Waals surface area contributed by atoms with Crippen molar-refractivity contribution in [1.29, 1.82) is 0 Å². The standard InChI is InChI=1S/C19H16ClN3O2/c1-3-16(24)23-8-9-25-15-5-4-12(10-14(15)23)17-11(2)22-19-18(17)13(20)6-7-21-19/h3-7,10H,1,8-9H2,2H3,(H,21,22). The summed E-state index contributed by atoms with van der Waals surface area (Å²) in [6.45, 7) is 6.53. The third-order valence-corrected chi connectivity index (χ3v) is 4.70. The van der Waals surface area contributed by atoms with E-state index in [9.17, 15) is 4.79 Å². The number of ether oxygens (including phenoxy) is 1. The molecule has 0 unspecified atom stereocenters. The van der Waals surface area contributed by atoms with Crippen LogP contribution in [0.5, 0.6) is 5.75 Å². The summed E-state index contributed by atoms with van der Waals surface area (Å²) in [6, 6.07) is 7.58. The minimum Gasteiger partial charge on any atom is -0.490 e. The van der Waals surface area contributed by atoms with Gasteiger partial charge in [-0.05, 0) is 36.8 Å². The molecule has 1 N–H and O–H groups in total. The van der Waals surface area contributed by atoms with Gasteiger partial charge in [-0.2, -0.15) is 0 Å². The number of hydrogen-bond donors (Lipinski definition) is 1. The number of halogens is 1. The van der Waals surface area contributed by atoms with Crippen LogP contribution in [0.25, 0.3) is 22.2 Å². The van der Waals surface area contributed by atoms with Crippen LogP contribution in [0, 0.1) is 6.92 Å². The van der Waals surface area contributed by atoms with Gasteiger partial charge in [-0.1, -0.05) is 24.2 Å². The second-order valence-electron chi connectivity index (χ2n) is 5.87. The lowest BCUT2D eigenvalue weighted by atomic mass is 10.0. The molecule has 0 bridgehead atoms. The van der Waals surface area contributed by atoms with Gasteiger partial charge in [-0.25, -0.2) is 4.98 Å². The summed E-state index contributed by atoms with van der Waals surface area (Å²) in [5.74, 6) is 0.545. The highest BCUT2D eigenvalue weighted by atomic mass is 35.5. The molecule has 6 heteroatoms. The maximum Gasteiger partial charge on any atom is 0.250 e. The minimum absolute atomic E-state index is 0.142. The molecule has 0 saturated carbocycles. The predicted octanol–water partition coefficient (Wildman–Crippen LogP) is 4.10. The van der Waals surface area contributed by atoms with E-state index < -0.39 is 0 Å². The molecule has 5 nitrogen and oxygen atoms in total. The number of nitrogens with one attached hydrogen (secondary N) is 1. The third-order valence-electron chi connectivity index (χ3n) is 4.38. The molecule has 1 aromatic carbocycles. The molecule has 0 aliphatic carbocycles. The second kappa shape index (κ2) is 5.93. The Hall–Kier alpha value is -2.79. The topological polar surface area (TPSA) is 58.2 Å². The molecule has 4 rings (SSSR count). The van der Waals surface area contributed by atoms with Crippen molar-refractivity contribution in [3.8, 4) is 16.9 Å². The minimum atomic E-state index is -0.142. The van der Waals surface area contributed by atoms with Crippen LogP contribution in [-0.4, -0.2) is 29.0 Å². The van der Waals surface area contributed by atoms with E-state index in [0.29, 0.717) is 23.9 Å². The highest BCUT2D eigenvalue weighted by Crippen LogP contribution is 2.40. The van der Waals surface area contributed by atoms with Crippen LogP contribution < -0.4 is 9.64 Å². The number of carbonyl (C=O) groups is 1. The number of rotatable bonds is 2. The lowest BCUT2D eigenvalue weighted by molar-refractivity contribution is -0.114. The average molecular weight is 354 g/mol.